The van der Waals surface area contributed by atoms with Crippen LogP contribution in [0.4, 0.5) is 0 Å². The third-order valence-corrected chi connectivity index (χ3v) is 2.69. The summed E-state index contributed by atoms with van der Waals surface area (Å²) >= 11 is 0. The van der Waals surface area contributed by atoms with E-state index in [4.69, 9.17) is 0 Å². The Bertz CT molecular complexity index is 497. The number of phenolic OH excluding ortho intramolecular Hbond substituents is 1. The number of aryl methyl sites for hydroxylation is 1. The summed E-state index contributed by atoms with van der Waals surface area (Å²) in [5, 5.41) is 9.65. The van der Waals surface area contributed by atoms with E-state index in [0.717, 1.165) is 16.7 Å². The smallest absolute Gasteiger partial charge is 0.136 e. The van der Waals surface area contributed by atoms with Crippen molar-refractivity contribution in [2.24, 2.45) is 0 Å². The number of hydrogen-bond acceptors (Lipinski definition) is 4. The van der Waals surface area contributed by atoms with Crippen molar-refractivity contribution >= 4 is 0 Å². The molecule has 4 nitrogen and oxygen atoms in total. The number of phenols is 1. The van der Waals surface area contributed by atoms with Crippen molar-refractivity contribution in [3.8, 4) is 5.75 Å². The van der Waals surface area contributed by atoms with Crippen molar-refractivity contribution in [2.75, 3.05) is 0 Å². The molecule has 16 heavy (non-hydrogen) atoms. The monoisotopic (exact) mass is 215 g/mol. The zero-order chi connectivity index (χ0) is 11.5. The predicted octanol–water partition coefficient (Wildman–Crippen LogP) is 1.78. The highest BCUT2D eigenvalue weighted by atomic mass is 16.3. The van der Waals surface area contributed by atoms with Crippen LogP contribution in [0.5, 0.6) is 5.75 Å². The normalized spacial score (nSPS) is 10.4. The summed E-state index contributed by atoms with van der Waals surface area (Å²) in [6.45, 7) is 3.92. The van der Waals surface area contributed by atoms with E-state index >= 15 is 0 Å². The van der Waals surface area contributed by atoms with E-state index in [1.54, 1.807) is 6.07 Å². The summed E-state index contributed by atoms with van der Waals surface area (Å²) in [4.78, 5) is 11.9. The molecule has 1 aromatic carbocycles. The standard InChI is InChI=1S/C12H13N3O/c1-8-3-4-11(16)9(2)10(8)5-12-14-6-13-7-15-12/h3-4,6-7,16H,5H2,1-2H3. The van der Waals surface area contributed by atoms with Gasteiger partial charge >= 0.3 is 0 Å². The van der Waals surface area contributed by atoms with Crippen molar-refractivity contribution in [1.82, 2.24) is 15.0 Å². The Kier molecular flexibility index (Phi) is 2.81. The quantitative estimate of drug-likeness (QED) is 0.829. The molecule has 1 N–H and O–H groups in total. The molecule has 0 bridgehead atoms. The Labute approximate surface area is 94.0 Å². The van der Waals surface area contributed by atoms with Gasteiger partial charge < -0.3 is 5.11 Å². The van der Waals surface area contributed by atoms with Crippen LogP contribution in [0.3, 0.4) is 0 Å². The average molecular weight is 215 g/mol. The second kappa shape index (κ2) is 4.26. The molecule has 0 radical (unpaired) electrons. The Morgan fingerprint density at radius 3 is 2.50 bits per heavy atom. The highest BCUT2D eigenvalue weighted by Gasteiger charge is 2.08. The molecule has 0 unspecified atom stereocenters. The summed E-state index contributed by atoms with van der Waals surface area (Å²) in [6.07, 6.45) is 3.58. The molecule has 0 atom stereocenters. The Hall–Kier alpha value is -1.97. The van der Waals surface area contributed by atoms with Crippen molar-refractivity contribution in [3.05, 3.63) is 47.3 Å². The van der Waals surface area contributed by atoms with Crippen molar-refractivity contribution < 1.29 is 5.11 Å². The van der Waals surface area contributed by atoms with Gasteiger partial charge in [0.15, 0.2) is 0 Å². The van der Waals surface area contributed by atoms with Crippen LogP contribution < -0.4 is 0 Å². The fourth-order valence-electron chi connectivity index (χ4n) is 1.66. The van der Waals surface area contributed by atoms with Gasteiger partial charge in [0, 0.05) is 6.42 Å². The number of hydrogen-bond donors (Lipinski definition) is 1. The molecule has 0 saturated heterocycles. The van der Waals surface area contributed by atoms with Gasteiger partial charge in [-0.05, 0) is 36.6 Å². The molecular weight excluding hydrogens is 202 g/mol. The fourth-order valence-corrected chi connectivity index (χ4v) is 1.66. The summed E-state index contributed by atoms with van der Waals surface area (Å²) in [6, 6.07) is 3.61. The minimum atomic E-state index is 0.314. The maximum absolute atomic E-state index is 9.65. The first kappa shape index (κ1) is 10.5. The molecule has 0 amide bonds. The van der Waals surface area contributed by atoms with Gasteiger partial charge in [0.2, 0.25) is 0 Å². The number of aromatic hydroxyl groups is 1. The number of benzene rings is 1. The summed E-state index contributed by atoms with van der Waals surface area (Å²) < 4.78 is 0. The third-order valence-electron chi connectivity index (χ3n) is 2.69. The van der Waals surface area contributed by atoms with Crippen LogP contribution in [-0.4, -0.2) is 20.1 Å². The van der Waals surface area contributed by atoms with Gasteiger partial charge in [-0.1, -0.05) is 6.07 Å². The highest BCUT2D eigenvalue weighted by Crippen LogP contribution is 2.24. The van der Waals surface area contributed by atoms with E-state index in [-0.39, 0.29) is 0 Å². The number of aromatic nitrogens is 3. The van der Waals surface area contributed by atoms with Gasteiger partial charge in [-0.3, -0.25) is 0 Å². The second-order valence-corrected chi connectivity index (χ2v) is 3.74. The zero-order valence-electron chi connectivity index (χ0n) is 9.31. The molecule has 1 heterocycles. The summed E-state index contributed by atoms with van der Waals surface area (Å²) in [5.74, 6) is 1.03. The highest BCUT2D eigenvalue weighted by molar-refractivity contribution is 5.44. The molecule has 0 aliphatic heterocycles. The second-order valence-electron chi connectivity index (χ2n) is 3.74. The lowest BCUT2D eigenvalue weighted by atomic mass is 9.99. The molecule has 4 heteroatoms. The fraction of sp³-hybridized carbons (Fsp3) is 0.250. The molecular formula is C12H13N3O. The lowest BCUT2D eigenvalue weighted by Gasteiger charge is -2.10. The first-order valence-electron chi connectivity index (χ1n) is 5.07. The lowest BCUT2D eigenvalue weighted by Crippen LogP contribution is -2.00. The van der Waals surface area contributed by atoms with Crippen LogP contribution in [0.2, 0.25) is 0 Å². The van der Waals surface area contributed by atoms with E-state index in [2.05, 4.69) is 15.0 Å². The Morgan fingerprint density at radius 2 is 1.81 bits per heavy atom. The van der Waals surface area contributed by atoms with Gasteiger partial charge in [-0.15, -0.1) is 0 Å². The molecule has 1 aromatic heterocycles. The molecule has 0 fully saturated rings. The Balaban J connectivity index is 2.38. The van der Waals surface area contributed by atoms with Gasteiger partial charge in [0.05, 0.1) is 0 Å². The van der Waals surface area contributed by atoms with Gasteiger partial charge in [-0.25, -0.2) is 15.0 Å². The summed E-state index contributed by atoms with van der Waals surface area (Å²) in [7, 11) is 0. The summed E-state index contributed by atoms with van der Waals surface area (Å²) in [5.41, 5.74) is 3.10. The molecule has 0 aliphatic carbocycles. The predicted molar refractivity (Wildman–Crippen MR) is 60.2 cm³/mol. The van der Waals surface area contributed by atoms with E-state index in [1.807, 2.05) is 19.9 Å². The van der Waals surface area contributed by atoms with E-state index in [1.165, 1.54) is 12.7 Å². The van der Waals surface area contributed by atoms with Crippen LogP contribution >= 0.6 is 0 Å². The molecule has 2 rings (SSSR count). The van der Waals surface area contributed by atoms with Crippen molar-refractivity contribution in [3.63, 3.8) is 0 Å². The zero-order valence-corrected chi connectivity index (χ0v) is 9.31. The average Bonchev–Trinajstić information content (AvgIpc) is 2.31. The third kappa shape index (κ3) is 2.00. The van der Waals surface area contributed by atoms with Crippen LogP contribution in [-0.2, 0) is 6.42 Å². The minimum Gasteiger partial charge on any atom is -0.508 e. The van der Waals surface area contributed by atoms with Gasteiger partial charge in [0.1, 0.15) is 24.2 Å². The number of rotatable bonds is 2. The van der Waals surface area contributed by atoms with Gasteiger partial charge in [0.25, 0.3) is 0 Å². The van der Waals surface area contributed by atoms with E-state index in [9.17, 15) is 5.11 Å². The van der Waals surface area contributed by atoms with Crippen LogP contribution in [0.1, 0.15) is 22.5 Å². The largest absolute Gasteiger partial charge is 0.508 e. The molecule has 82 valence electrons. The molecule has 0 aliphatic rings. The maximum atomic E-state index is 9.65. The van der Waals surface area contributed by atoms with Crippen LogP contribution in [0.15, 0.2) is 24.8 Å². The topological polar surface area (TPSA) is 58.9 Å². The van der Waals surface area contributed by atoms with Crippen molar-refractivity contribution in [2.45, 2.75) is 20.3 Å². The number of nitrogens with zero attached hydrogens (tertiary/aromatic N) is 3. The van der Waals surface area contributed by atoms with Crippen LogP contribution in [0.25, 0.3) is 0 Å². The lowest BCUT2D eigenvalue weighted by molar-refractivity contribution is 0.470. The Morgan fingerprint density at radius 1 is 1.12 bits per heavy atom. The minimum absolute atomic E-state index is 0.314. The van der Waals surface area contributed by atoms with E-state index in [0.29, 0.717) is 18.0 Å². The van der Waals surface area contributed by atoms with Crippen LogP contribution in [0, 0.1) is 13.8 Å². The molecule has 0 spiro atoms. The first-order valence-corrected chi connectivity index (χ1v) is 5.07. The maximum Gasteiger partial charge on any atom is 0.136 e. The van der Waals surface area contributed by atoms with Gasteiger partial charge in [-0.2, -0.15) is 0 Å². The molecule has 2 aromatic rings. The SMILES string of the molecule is Cc1ccc(O)c(C)c1Cc1ncncn1. The molecule has 0 saturated carbocycles. The van der Waals surface area contributed by atoms with Crippen molar-refractivity contribution in [1.29, 1.82) is 0 Å². The first-order chi connectivity index (χ1) is 7.68. The van der Waals surface area contributed by atoms with E-state index < -0.39 is 0 Å².